The van der Waals surface area contributed by atoms with Gasteiger partial charge in [0.1, 0.15) is 6.61 Å². The molecule has 0 heterocycles. The summed E-state index contributed by atoms with van der Waals surface area (Å²) in [6, 6.07) is 16.4. The molecule has 2 atom stereocenters. The Morgan fingerprint density at radius 1 is 1.09 bits per heavy atom. The van der Waals surface area contributed by atoms with E-state index >= 15 is 0 Å². The molecule has 0 radical (unpaired) electrons. The predicted octanol–water partition coefficient (Wildman–Crippen LogP) is 3.64. The summed E-state index contributed by atoms with van der Waals surface area (Å²) in [6.45, 7) is 2.30. The molecule has 1 N–H and O–H groups in total. The Labute approximate surface area is 135 Å². The van der Waals surface area contributed by atoms with Gasteiger partial charge in [-0.1, -0.05) is 37.3 Å². The van der Waals surface area contributed by atoms with Crippen LogP contribution in [0.5, 0.6) is 0 Å². The van der Waals surface area contributed by atoms with Crippen LogP contribution in [-0.4, -0.2) is 11.9 Å². The molecule has 1 aliphatic rings. The van der Waals surface area contributed by atoms with Crippen LogP contribution in [0.4, 0.5) is 5.69 Å². The maximum atomic E-state index is 12.1. The van der Waals surface area contributed by atoms with Crippen LogP contribution in [0.3, 0.4) is 0 Å². The van der Waals surface area contributed by atoms with E-state index in [9.17, 15) is 9.59 Å². The molecule has 1 amide bonds. The van der Waals surface area contributed by atoms with Crippen LogP contribution in [0.25, 0.3) is 0 Å². The summed E-state index contributed by atoms with van der Waals surface area (Å²) in [5, 5.41) is 2.83. The van der Waals surface area contributed by atoms with Crippen LogP contribution in [0.2, 0.25) is 0 Å². The first-order chi connectivity index (χ1) is 11.1. The van der Waals surface area contributed by atoms with Crippen molar-refractivity contribution in [2.24, 2.45) is 11.8 Å². The summed E-state index contributed by atoms with van der Waals surface area (Å²) in [5.74, 6) is 0.243. The second-order valence-corrected chi connectivity index (χ2v) is 5.94. The van der Waals surface area contributed by atoms with Crippen LogP contribution in [0.1, 0.15) is 29.3 Å². The minimum Gasteiger partial charge on any atom is -0.461 e. The molecular formula is C19H19NO3. The molecule has 2 aromatic rings. The van der Waals surface area contributed by atoms with Crippen molar-refractivity contribution >= 4 is 17.6 Å². The number of benzene rings is 2. The number of esters is 1. The van der Waals surface area contributed by atoms with Gasteiger partial charge in [-0.05, 0) is 42.2 Å². The van der Waals surface area contributed by atoms with Gasteiger partial charge in [-0.2, -0.15) is 0 Å². The SMILES string of the molecule is C[C@@H]1C[C@H]1C(=O)OCc1ccc(C(=O)Nc2ccccc2)cc1. The third-order valence-corrected chi connectivity index (χ3v) is 4.04. The van der Waals surface area contributed by atoms with Gasteiger partial charge in [-0.25, -0.2) is 0 Å². The number of carbonyl (C=O) groups is 2. The number of carbonyl (C=O) groups excluding carboxylic acids is 2. The Bertz CT molecular complexity index is 694. The monoisotopic (exact) mass is 309 g/mol. The summed E-state index contributed by atoms with van der Waals surface area (Å²) < 4.78 is 5.28. The molecule has 0 aromatic heterocycles. The van der Waals surface area contributed by atoms with Gasteiger partial charge < -0.3 is 10.1 Å². The molecular weight excluding hydrogens is 290 g/mol. The minimum absolute atomic E-state index is 0.0749. The van der Waals surface area contributed by atoms with Gasteiger partial charge in [0.15, 0.2) is 0 Å². The lowest BCUT2D eigenvalue weighted by Gasteiger charge is -2.07. The van der Waals surface area contributed by atoms with Crippen molar-refractivity contribution in [1.82, 2.24) is 0 Å². The number of amides is 1. The van der Waals surface area contributed by atoms with Gasteiger partial charge in [0.05, 0.1) is 5.92 Å². The first-order valence-electron chi connectivity index (χ1n) is 7.75. The van der Waals surface area contributed by atoms with E-state index in [1.54, 1.807) is 12.1 Å². The van der Waals surface area contributed by atoms with Crippen LogP contribution < -0.4 is 5.32 Å². The van der Waals surface area contributed by atoms with Crippen molar-refractivity contribution in [2.45, 2.75) is 20.0 Å². The zero-order valence-corrected chi connectivity index (χ0v) is 13.0. The third kappa shape index (κ3) is 3.97. The molecule has 1 aliphatic carbocycles. The second kappa shape index (κ2) is 6.65. The van der Waals surface area contributed by atoms with Crippen molar-refractivity contribution < 1.29 is 14.3 Å². The second-order valence-electron chi connectivity index (χ2n) is 5.94. The topological polar surface area (TPSA) is 55.4 Å². The number of hydrogen-bond donors (Lipinski definition) is 1. The zero-order chi connectivity index (χ0) is 16.2. The zero-order valence-electron chi connectivity index (χ0n) is 13.0. The van der Waals surface area contributed by atoms with Crippen LogP contribution in [-0.2, 0) is 16.1 Å². The molecule has 1 fully saturated rings. The molecule has 0 bridgehead atoms. The maximum Gasteiger partial charge on any atom is 0.309 e. The summed E-state index contributed by atoms with van der Waals surface area (Å²) in [7, 11) is 0. The van der Waals surface area contributed by atoms with E-state index in [1.165, 1.54) is 0 Å². The number of para-hydroxylation sites is 1. The largest absolute Gasteiger partial charge is 0.461 e. The fourth-order valence-corrected chi connectivity index (χ4v) is 2.39. The smallest absolute Gasteiger partial charge is 0.309 e. The lowest BCUT2D eigenvalue weighted by molar-refractivity contribution is -0.146. The first kappa shape index (κ1) is 15.3. The molecule has 0 unspecified atom stereocenters. The first-order valence-corrected chi connectivity index (χ1v) is 7.75. The molecule has 1 saturated carbocycles. The summed E-state index contributed by atoms with van der Waals surface area (Å²) in [5.41, 5.74) is 2.21. The van der Waals surface area contributed by atoms with Gasteiger partial charge >= 0.3 is 5.97 Å². The summed E-state index contributed by atoms with van der Waals surface area (Å²) in [6.07, 6.45) is 0.928. The predicted molar refractivity (Wildman–Crippen MR) is 87.9 cm³/mol. The van der Waals surface area contributed by atoms with E-state index in [1.807, 2.05) is 49.4 Å². The lowest BCUT2D eigenvalue weighted by atomic mass is 10.1. The van der Waals surface area contributed by atoms with Gasteiger partial charge in [-0.15, -0.1) is 0 Å². The number of hydrogen-bond acceptors (Lipinski definition) is 3. The van der Waals surface area contributed by atoms with E-state index in [4.69, 9.17) is 4.74 Å². The Hall–Kier alpha value is -2.62. The summed E-state index contributed by atoms with van der Waals surface area (Å²) >= 11 is 0. The Balaban J connectivity index is 1.54. The normalized spacial score (nSPS) is 19.0. The van der Waals surface area contributed by atoms with Crippen molar-refractivity contribution in [3.63, 3.8) is 0 Å². The Morgan fingerprint density at radius 3 is 2.35 bits per heavy atom. The highest BCUT2D eigenvalue weighted by molar-refractivity contribution is 6.04. The van der Waals surface area contributed by atoms with E-state index in [0.717, 1.165) is 17.7 Å². The van der Waals surface area contributed by atoms with E-state index in [2.05, 4.69) is 5.32 Å². The molecule has 3 rings (SSSR count). The average molecular weight is 309 g/mol. The van der Waals surface area contributed by atoms with Gasteiger partial charge in [0, 0.05) is 11.3 Å². The average Bonchev–Trinajstić information content (AvgIpc) is 3.31. The number of ether oxygens (including phenoxy) is 1. The van der Waals surface area contributed by atoms with Crippen molar-refractivity contribution in [1.29, 1.82) is 0 Å². The third-order valence-electron chi connectivity index (χ3n) is 4.04. The minimum atomic E-state index is -0.161. The van der Waals surface area contributed by atoms with Crippen LogP contribution in [0.15, 0.2) is 54.6 Å². The van der Waals surface area contributed by atoms with Gasteiger partial charge in [0.2, 0.25) is 0 Å². The fourth-order valence-electron chi connectivity index (χ4n) is 2.39. The van der Waals surface area contributed by atoms with Crippen LogP contribution >= 0.6 is 0 Å². The standard InChI is InChI=1S/C19H19NO3/c1-13-11-17(13)19(22)23-12-14-7-9-15(10-8-14)18(21)20-16-5-3-2-4-6-16/h2-10,13,17H,11-12H2,1H3,(H,20,21)/t13-,17-/m1/s1. The Morgan fingerprint density at radius 2 is 1.74 bits per heavy atom. The van der Waals surface area contributed by atoms with E-state index in [0.29, 0.717) is 11.5 Å². The molecule has 0 spiro atoms. The van der Waals surface area contributed by atoms with Gasteiger partial charge in [0.25, 0.3) is 5.91 Å². The molecule has 23 heavy (non-hydrogen) atoms. The molecule has 4 heteroatoms. The highest BCUT2D eigenvalue weighted by atomic mass is 16.5. The fraction of sp³-hybridized carbons (Fsp3) is 0.263. The highest BCUT2D eigenvalue weighted by Gasteiger charge is 2.40. The maximum absolute atomic E-state index is 12.1. The molecule has 2 aromatic carbocycles. The Kier molecular flexibility index (Phi) is 4.42. The van der Waals surface area contributed by atoms with Crippen LogP contribution in [0, 0.1) is 11.8 Å². The molecule has 0 saturated heterocycles. The molecule has 0 aliphatic heterocycles. The quantitative estimate of drug-likeness (QED) is 0.858. The van der Waals surface area contributed by atoms with E-state index < -0.39 is 0 Å². The van der Waals surface area contributed by atoms with E-state index in [-0.39, 0.29) is 24.4 Å². The lowest BCUT2D eigenvalue weighted by Crippen LogP contribution is -2.12. The highest BCUT2D eigenvalue weighted by Crippen LogP contribution is 2.38. The van der Waals surface area contributed by atoms with Gasteiger partial charge in [-0.3, -0.25) is 9.59 Å². The molecule has 4 nitrogen and oxygen atoms in total. The molecule has 118 valence electrons. The number of nitrogens with one attached hydrogen (secondary N) is 1. The summed E-state index contributed by atoms with van der Waals surface area (Å²) in [4.78, 5) is 23.8. The van der Waals surface area contributed by atoms with Crippen molar-refractivity contribution in [3.8, 4) is 0 Å². The number of rotatable bonds is 5. The van der Waals surface area contributed by atoms with Crippen molar-refractivity contribution in [3.05, 3.63) is 65.7 Å². The number of anilines is 1. The van der Waals surface area contributed by atoms with Crippen molar-refractivity contribution in [2.75, 3.05) is 5.32 Å².